The van der Waals surface area contributed by atoms with E-state index < -0.39 is 16.2 Å². The van der Waals surface area contributed by atoms with Gasteiger partial charge in [0.1, 0.15) is 16.0 Å². The molecule has 6 heteroatoms. The van der Waals surface area contributed by atoms with Gasteiger partial charge in [-0.3, -0.25) is 4.79 Å². The van der Waals surface area contributed by atoms with Gasteiger partial charge in [-0.25, -0.2) is 8.78 Å². The maximum absolute atomic E-state index is 14.1. The van der Waals surface area contributed by atoms with Gasteiger partial charge < -0.3 is 5.32 Å². The van der Waals surface area contributed by atoms with Crippen molar-refractivity contribution in [2.75, 3.05) is 5.32 Å². The number of amides is 1. The Kier molecular flexibility index (Phi) is 4.78. The number of carbonyl (C=O) groups excluding carboxylic acids is 1. The largest absolute Gasteiger partial charge is 0.326 e. The lowest BCUT2D eigenvalue weighted by Gasteiger charge is -2.10. The zero-order valence-electron chi connectivity index (χ0n) is 13.7. The molecule has 0 radical (unpaired) electrons. The summed E-state index contributed by atoms with van der Waals surface area (Å²) in [6.45, 7) is 3.67. The average molecular weight is 384 g/mol. The van der Waals surface area contributed by atoms with Gasteiger partial charge in [-0.2, -0.15) is 0 Å². The van der Waals surface area contributed by atoms with Gasteiger partial charge in [0.15, 0.2) is 0 Å². The van der Waals surface area contributed by atoms with Crippen molar-refractivity contribution < 1.29 is 13.6 Å². The molecule has 0 spiro atoms. The highest BCUT2D eigenvalue weighted by Gasteiger charge is 2.67. The van der Waals surface area contributed by atoms with E-state index >= 15 is 0 Å². The van der Waals surface area contributed by atoms with E-state index in [0.29, 0.717) is 23.2 Å². The molecule has 2 aromatic rings. The summed E-state index contributed by atoms with van der Waals surface area (Å²) in [6.07, 6.45) is 0.577. The molecule has 2 aromatic carbocycles. The minimum atomic E-state index is -1.27. The number of hydrogen-bond acceptors (Lipinski definition) is 1. The third-order valence-electron chi connectivity index (χ3n) is 4.60. The number of alkyl halides is 2. The SMILES string of the molecule is CCc1c(C)cc(NC(=O)C2C(c3ccc(F)cc3)C2(Cl)Cl)cc1F. The van der Waals surface area contributed by atoms with Crippen molar-refractivity contribution >= 4 is 34.8 Å². The summed E-state index contributed by atoms with van der Waals surface area (Å²) in [6, 6.07) is 8.74. The monoisotopic (exact) mass is 383 g/mol. The van der Waals surface area contributed by atoms with Crippen LogP contribution >= 0.6 is 23.2 Å². The summed E-state index contributed by atoms with van der Waals surface area (Å²) < 4.78 is 25.9. The first-order valence-electron chi connectivity index (χ1n) is 7.98. The van der Waals surface area contributed by atoms with Crippen molar-refractivity contribution in [1.29, 1.82) is 0 Å². The Morgan fingerprint density at radius 1 is 1.20 bits per heavy atom. The van der Waals surface area contributed by atoms with Crippen molar-refractivity contribution in [2.24, 2.45) is 5.92 Å². The van der Waals surface area contributed by atoms with Gasteiger partial charge in [-0.1, -0.05) is 19.1 Å². The van der Waals surface area contributed by atoms with E-state index in [1.807, 2.05) is 6.92 Å². The quantitative estimate of drug-likeness (QED) is 0.707. The smallest absolute Gasteiger partial charge is 0.231 e. The summed E-state index contributed by atoms with van der Waals surface area (Å²) in [4.78, 5) is 12.5. The van der Waals surface area contributed by atoms with Crippen molar-refractivity contribution in [3.8, 4) is 0 Å². The highest BCUT2D eigenvalue weighted by molar-refractivity contribution is 6.53. The Hall–Kier alpha value is -1.65. The molecule has 2 atom stereocenters. The molecular weight excluding hydrogens is 367 g/mol. The predicted octanol–water partition coefficient (Wildman–Crippen LogP) is 5.36. The molecule has 1 fully saturated rings. The first-order valence-corrected chi connectivity index (χ1v) is 8.74. The molecule has 132 valence electrons. The molecule has 1 amide bonds. The van der Waals surface area contributed by atoms with Crippen LogP contribution in [0.4, 0.5) is 14.5 Å². The van der Waals surface area contributed by atoms with E-state index in [0.717, 1.165) is 5.56 Å². The number of anilines is 1. The molecule has 2 nitrogen and oxygen atoms in total. The van der Waals surface area contributed by atoms with E-state index in [1.165, 1.54) is 18.2 Å². The van der Waals surface area contributed by atoms with Crippen molar-refractivity contribution in [1.82, 2.24) is 0 Å². The van der Waals surface area contributed by atoms with Gasteiger partial charge in [0, 0.05) is 11.6 Å². The maximum atomic E-state index is 14.1. The molecule has 1 N–H and O–H groups in total. The van der Waals surface area contributed by atoms with Crippen LogP contribution < -0.4 is 5.32 Å². The lowest BCUT2D eigenvalue weighted by Crippen LogP contribution is -2.17. The molecule has 0 saturated heterocycles. The highest BCUT2D eigenvalue weighted by atomic mass is 35.5. The fourth-order valence-electron chi connectivity index (χ4n) is 3.25. The number of halogens is 4. The van der Waals surface area contributed by atoms with Gasteiger partial charge >= 0.3 is 0 Å². The minimum absolute atomic E-state index is 0.355. The van der Waals surface area contributed by atoms with Crippen LogP contribution in [0, 0.1) is 24.5 Å². The number of hydrogen-bond donors (Lipinski definition) is 1. The van der Waals surface area contributed by atoms with Crippen molar-refractivity contribution in [3.05, 3.63) is 64.7 Å². The van der Waals surface area contributed by atoms with E-state index in [2.05, 4.69) is 5.32 Å². The summed E-state index contributed by atoms with van der Waals surface area (Å²) in [5, 5.41) is 2.68. The number of aryl methyl sites for hydroxylation is 1. The number of nitrogens with one attached hydrogen (secondary N) is 1. The molecule has 0 aromatic heterocycles. The van der Waals surface area contributed by atoms with Crippen LogP contribution in [0.5, 0.6) is 0 Å². The Labute approximate surface area is 155 Å². The molecule has 2 unspecified atom stereocenters. The topological polar surface area (TPSA) is 29.1 Å². The molecule has 1 aliphatic carbocycles. The van der Waals surface area contributed by atoms with E-state index in [1.54, 1.807) is 25.1 Å². The maximum Gasteiger partial charge on any atom is 0.231 e. The van der Waals surface area contributed by atoms with Crippen molar-refractivity contribution in [2.45, 2.75) is 30.5 Å². The van der Waals surface area contributed by atoms with Gasteiger partial charge in [0.05, 0.1) is 5.92 Å². The van der Waals surface area contributed by atoms with Crippen LogP contribution in [0.15, 0.2) is 36.4 Å². The average Bonchev–Trinajstić information content (AvgIpc) is 3.10. The lowest BCUT2D eigenvalue weighted by molar-refractivity contribution is -0.117. The molecule has 0 aliphatic heterocycles. The Morgan fingerprint density at radius 2 is 1.84 bits per heavy atom. The van der Waals surface area contributed by atoms with Gasteiger partial charge in [-0.05, 0) is 54.3 Å². The Morgan fingerprint density at radius 3 is 2.40 bits per heavy atom. The van der Waals surface area contributed by atoms with Crippen LogP contribution in [0.25, 0.3) is 0 Å². The predicted molar refractivity (Wildman–Crippen MR) is 96.2 cm³/mol. The van der Waals surface area contributed by atoms with Crippen LogP contribution in [-0.4, -0.2) is 10.2 Å². The Balaban J connectivity index is 1.79. The summed E-state index contributed by atoms with van der Waals surface area (Å²) in [5.74, 6) is -2.23. The highest BCUT2D eigenvalue weighted by Crippen LogP contribution is 2.65. The lowest BCUT2D eigenvalue weighted by atomic mass is 10.0. The first kappa shape index (κ1) is 18.2. The summed E-state index contributed by atoms with van der Waals surface area (Å²) in [7, 11) is 0. The second-order valence-corrected chi connectivity index (χ2v) is 7.72. The third-order valence-corrected chi connectivity index (χ3v) is 5.55. The van der Waals surface area contributed by atoms with Gasteiger partial charge in [-0.15, -0.1) is 23.2 Å². The first-order chi connectivity index (χ1) is 11.8. The minimum Gasteiger partial charge on any atom is -0.326 e. The molecule has 25 heavy (non-hydrogen) atoms. The van der Waals surface area contributed by atoms with Crippen LogP contribution in [0.2, 0.25) is 0 Å². The van der Waals surface area contributed by atoms with Crippen LogP contribution in [0.3, 0.4) is 0 Å². The molecular formula is C19H17Cl2F2NO. The summed E-state index contributed by atoms with van der Waals surface area (Å²) >= 11 is 12.5. The van der Waals surface area contributed by atoms with Crippen LogP contribution in [-0.2, 0) is 11.2 Å². The van der Waals surface area contributed by atoms with Crippen LogP contribution in [0.1, 0.15) is 29.5 Å². The van der Waals surface area contributed by atoms with Gasteiger partial charge in [0.2, 0.25) is 5.91 Å². The van der Waals surface area contributed by atoms with Crippen molar-refractivity contribution in [3.63, 3.8) is 0 Å². The fraction of sp³-hybridized carbons (Fsp3) is 0.316. The second-order valence-electron chi connectivity index (χ2n) is 6.28. The number of carbonyl (C=O) groups is 1. The molecule has 1 saturated carbocycles. The van der Waals surface area contributed by atoms with E-state index in [4.69, 9.17) is 23.2 Å². The number of benzene rings is 2. The zero-order chi connectivity index (χ0) is 18.4. The van der Waals surface area contributed by atoms with E-state index in [-0.39, 0.29) is 17.5 Å². The fourth-order valence-corrected chi connectivity index (χ4v) is 4.08. The summed E-state index contributed by atoms with van der Waals surface area (Å²) in [5.41, 5.74) is 2.45. The molecule has 0 heterocycles. The number of rotatable bonds is 4. The molecule has 0 bridgehead atoms. The van der Waals surface area contributed by atoms with E-state index in [9.17, 15) is 13.6 Å². The normalized spacial score (nSPS) is 21.0. The standard InChI is InChI=1S/C19H17Cl2F2NO/c1-3-14-10(2)8-13(9-15(14)23)24-18(25)17-16(19(17,20)21)11-4-6-12(22)7-5-11/h4-9,16-17H,3H2,1-2H3,(H,24,25). The molecule has 3 rings (SSSR count). The Bertz CT molecular complexity index is 798. The third kappa shape index (κ3) is 3.38. The van der Waals surface area contributed by atoms with Gasteiger partial charge in [0.25, 0.3) is 0 Å². The zero-order valence-corrected chi connectivity index (χ0v) is 15.3. The molecule has 1 aliphatic rings. The second kappa shape index (κ2) is 6.58.